The van der Waals surface area contributed by atoms with E-state index in [4.69, 9.17) is 9.73 Å². The summed E-state index contributed by atoms with van der Waals surface area (Å²) in [5.41, 5.74) is 2.66. The van der Waals surface area contributed by atoms with Gasteiger partial charge in [-0.3, -0.25) is 15.1 Å². The Hall–Kier alpha value is -3.59. The lowest BCUT2D eigenvalue weighted by Gasteiger charge is -2.28. The van der Waals surface area contributed by atoms with Crippen LogP contribution in [0.4, 0.5) is 0 Å². The van der Waals surface area contributed by atoms with Gasteiger partial charge in [0.1, 0.15) is 6.61 Å². The van der Waals surface area contributed by atoms with Gasteiger partial charge in [0.25, 0.3) is 6.20 Å². The minimum atomic E-state index is -0.444. The first-order valence-corrected chi connectivity index (χ1v) is 12.6. The maximum Gasteiger partial charge on any atom is 0.274 e. The van der Waals surface area contributed by atoms with Crippen molar-refractivity contribution in [2.24, 2.45) is 4.99 Å². The van der Waals surface area contributed by atoms with Gasteiger partial charge in [0, 0.05) is 48.1 Å². The van der Waals surface area contributed by atoms with Crippen molar-refractivity contribution in [3.05, 3.63) is 112 Å². The molecule has 0 amide bonds. The van der Waals surface area contributed by atoms with Crippen molar-refractivity contribution >= 4 is 17.7 Å². The van der Waals surface area contributed by atoms with Gasteiger partial charge in [-0.1, -0.05) is 42.5 Å². The van der Waals surface area contributed by atoms with Crippen LogP contribution in [-0.2, 0) is 10.5 Å². The second-order valence-corrected chi connectivity index (χ2v) is 9.94. The highest BCUT2D eigenvalue weighted by atomic mass is 32.2. The van der Waals surface area contributed by atoms with Gasteiger partial charge in [0.15, 0.2) is 5.82 Å². The molecule has 182 valence electrons. The van der Waals surface area contributed by atoms with E-state index in [0.717, 1.165) is 34.5 Å². The molecule has 0 saturated carbocycles. The standard InChI is InChI=1S/C26H29N5O3S/c1-26(2)19-34-25(29-26)23-16-30(14-11-22(23)20-8-4-3-5-9-20)24(17-31(32)33)28-13-15-35-18-21-10-6-7-12-27-21/h3-12,14,16-17,22,28H,13,15,18-19H2,1-2H3/b24-17+. The Kier molecular flexibility index (Phi) is 7.87. The van der Waals surface area contributed by atoms with Crippen molar-refractivity contribution in [2.75, 3.05) is 18.9 Å². The summed E-state index contributed by atoms with van der Waals surface area (Å²) < 4.78 is 5.96. The maximum absolute atomic E-state index is 11.4. The molecule has 9 heteroatoms. The Morgan fingerprint density at radius 3 is 2.77 bits per heavy atom. The predicted molar refractivity (Wildman–Crippen MR) is 139 cm³/mol. The number of pyridine rings is 1. The first-order valence-electron chi connectivity index (χ1n) is 11.4. The molecule has 0 spiro atoms. The molecule has 2 aliphatic heterocycles. The molecular formula is C26H29N5O3S. The van der Waals surface area contributed by atoms with E-state index in [0.29, 0.717) is 24.9 Å². The van der Waals surface area contributed by atoms with Crippen LogP contribution < -0.4 is 5.32 Å². The molecule has 0 saturated heterocycles. The summed E-state index contributed by atoms with van der Waals surface area (Å²) in [6.07, 6.45) is 8.52. The zero-order chi connectivity index (χ0) is 24.7. The van der Waals surface area contributed by atoms with Crippen molar-refractivity contribution in [3.63, 3.8) is 0 Å². The zero-order valence-corrected chi connectivity index (χ0v) is 20.6. The second kappa shape index (κ2) is 11.2. The third-order valence-electron chi connectivity index (χ3n) is 5.46. The third kappa shape index (κ3) is 6.73. The van der Waals surface area contributed by atoms with Crippen LogP contribution in [0.3, 0.4) is 0 Å². The van der Waals surface area contributed by atoms with E-state index >= 15 is 0 Å². The van der Waals surface area contributed by atoms with Gasteiger partial charge in [-0.05, 0) is 31.5 Å². The first kappa shape index (κ1) is 24.5. The largest absolute Gasteiger partial charge is 0.475 e. The smallest absolute Gasteiger partial charge is 0.274 e. The highest BCUT2D eigenvalue weighted by Gasteiger charge is 2.33. The highest BCUT2D eigenvalue weighted by molar-refractivity contribution is 7.98. The van der Waals surface area contributed by atoms with Crippen LogP contribution in [0, 0.1) is 10.1 Å². The molecule has 1 aromatic carbocycles. The monoisotopic (exact) mass is 491 g/mol. The van der Waals surface area contributed by atoms with Crippen molar-refractivity contribution in [2.45, 2.75) is 31.1 Å². The second-order valence-electron chi connectivity index (χ2n) is 8.84. The van der Waals surface area contributed by atoms with Gasteiger partial charge in [0.05, 0.1) is 16.2 Å². The fraction of sp³-hybridized carbons (Fsp3) is 0.308. The van der Waals surface area contributed by atoms with Crippen molar-refractivity contribution in [1.82, 2.24) is 15.2 Å². The molecule has 1 N–H and O–H groups in total. The number of benzene rings is 1. The van der Waals surface area contributed by atoms with Gasteiger partial charge in [-0.15, -0.1) is 0 Å². The zero-order valence-electron chi connectivity index (χ0n) is 19.8. The van der Waals surface area contributed by atoms with Crippen LogP contribution in [0.2, 0.25) is 0 Å². The molecule has 1 unspecified atom stereocenters. The first-order chi connectivity index (χ1) is 16.9. The highest BCUT2D eigenvalue weighted by Crippen LogP contribution is 2.34. The third-order valence-corrected chi connectivity index (χ3v) is 6.45. The molecule has 0 fully saturated rings. The van der Waals surface area contributed by atoms with E-state index in [-0.39, 0.29) is 11.5 Å². The molecule has 0 bridgehead atoms. The van der Waals surface area contributed by atoms with Crippen LogP contribution in [0.1, 0.15) is 31.0 Å². The molecule has 2 aromatic rings. The molecule has 0 radical (unpaired) electrons. The Bertz CT molecular complexity index is 1150. The van der Waals surface area contributed by atoms with Gasteiger partial charge in [-0.25, -0.2) is 4.99 Å². The lowest BCUT2D eigenvalue weighted by Crippen LogP contribution is -2.30. The summed E-state index contributed by atoms with van der Waals surface area (Å²) in [5.74, 6) is 2.45. The van der Waals surface area contributed by atoms with E-state index in [1.54, 1.807) is 22.9 Å². The number of nitrogens with zero attached hydrogens (tertiary/aromatic N) is 4. The molecule has 1 atom stereocenters. The summed E-state index contributed by atoms with van der Waals surface area (Å²) in [4.78, 5) is 21.8. The molecule has 0 aliphatic carbocycles. The fourth-order valence-corrected chi connectivity index (χ4v) is 4.56. The Balaban J connectivity index is 1.50. The lowest BCUT2D eigenvalue weighted by atomic mass is 9.89. The molecule has 3 heterocycles. The van der Waals surface area contributed by atoms with Crippen LogP contribution in [-0.4, -0.2) is 45.1 Å². The average Bonchev–Trinajstić information content (AvgIpc) is 3.23. The van der Waals surface area contributed by atoms with Crippen LogP contribution >= 0.6 is 11.8 Å². The van der Waals surface area contributed by atoms with Gasteiger partial charge in [0.2, 0.25) is 5.90 Å². The minimum Gasteiger partial charge on any atom is -0.475 e. The number of ether oxygens (including phenoxy) is 1. The average molecular weight is 492 g/mol. The van der Waals surface area contributed by atoms with E-state index in [1.165, 1.54) is 0 Å². The lowest BCUT2D eigenvalue weighted by molar-refractivity contribution is -0.404. The van der Waals surface area contributed by atoms with E-state index in [1.807, 2.05) is 68.7 Å². The maximum atomic E-state index is 11.4. The van der Waals surface area contributed by atoms with E-state index in [9.17, 15) is 10.1 Å². The molecule has 8 nitrogen and oxygen atoms in total. The number of rotatable bonds is 10. The SMILES string of the molecule is CC1(C)COC(C2=CN(/C(=C/[N+](=O)[O-])NCCSCc3ccccn3)C=CC2c2ccccc2)=N1. The summed E-state index contributed by atoms with van der Waals surface area (Å²) in [6.45, 7) is 5.11. The molecule has 1 aromatic heterocycles. The van der Waals surface area contributed by atoms with Crippen molar-refractivity contribution < 1.29 is 9.66 Å². The van der Waals surface area contributed by atoms with Crippen LogP contribution in [0.5, 0.6) is 0 Å². The topological polar surface area (TPSA) is 92.9 Å². The Morgan fingerprint density at radius 1 is 1.29 bits per heavy atom. The number of aliphatic imine (C=N–C) groups is 1. The van der Waals surface area contributed by atoms with E-state index < -0.39 is 4.92 Å². The number of hydrogen-bond acceptors (Lipinski definition) is 8. The fourth-order valence-electron chi connectivity index (χ4n) is 3.79. The van der Waals surface area contributed by atoms with Crippen molar-refractivity contribution in [1.29, 1.82) is 0 Å². The summed E-state index contributed by atoms with van der Waals surface area (Å²) in [7, 11) is 0. The number of aromatic nitrogens is 1. The Morgan fingerprint density at radius 2 is 2.09 bits per heavy atom. The number of nitro groups is 1. The van der Waals surface area contributed by atoms with Crippen molar-refractivity contribution in [3.8, 4) is 0 Å². The van der Waals surface area contributed by atoms with E-state index in [2.05, 4.69) is 22.4 Å². The van der Waals surface area contributed by atoms with Gasteiger partial charge in [-0.2, -0.15) is 11.8 Å². The number of hydrogen-bond donors (Lipinski definition) is 1. The van der Waals surface area contributed by atoms with Crippen LogP contribution in [0.25, 0.3) is 0 Å². The number of thioether (sulfide) groups is 1. The van der Waals surface area contributed by atoms with Crippen LogP contribution in [0.15, 0.2) is 95.8 Å². The summed E-state index contributed by atoms with van der Waals surface area (Å²) in [6, 6.07) is 15.9. The van der Waals surface area contributed by atoms with Gasteiger partial charge >= 0.3 is 0 Å². The molecular weight excluding hydrogens is 462 g/mol. The molecule has 2 aliphatic rings. The quantitative estimate of drug-likeness (QED) is 0.293. The predicted octanol–water partition coefficient (Wildman–Crippen LogP) is 4.68. The number of nitrogens with one attached hydrogen (secondary N) is 1. The number of allylic oxidation sites excluding steroid dienone is 1. The minimum absolute atomic E-state index is 0.0640. The van der Waals surface area contributed by atoms with Gasteiger partial charge < -0.3 is 15.0 Å². The summed E-state index contributed by atoms with van der Waals surface area (Å²) in [5, 5.41) is 14.6. The molecule has 35 heavy (non-hydrogen) atoms. The summed E-state index contributed by atoms with van der Waals surface area (Å²) >= 11 is 1.72. The molecule has 4 rings (SSSR count). The normalized spacial score (nSPS) is 19.1. The Labute approximate surface area is 209 Å².